The summed E-state index contributed by atoms with van der Waals surface area (Å²) in [5, 5.41) is 8.83. The number of aliphatic hydroxyl groups excluding tert-OH is 1. The molecule has 0 saturated heterocycles. The highest BCUT2D eigenvalue weighted by Crippen LogP contribution is 2.28. The second-order valence-corrected chi connectivity index (χ2v) is 5.88. The molecule has 118 valence electrons. The molecule has 21 heavy (non-hydrogen) atoms. The van der Waals surface area contributed by atoms with Crippen LogP contribution in [0.1, 0.15) is 52.9 Å². The minimum absolute atomic E-state index is 0.113. The van der Waals surface area contributed by atoms with Crippen LogP contribution < -0.4 is 0 Å². The first-order valence-electron chi connectivity index (χ1n) is 7.86. The molecule has 0 aromatic rings. The number of aliphatic hydroxyl groups is 1. The van der Waals surface area contributed by atoms with Crippen LogP contribution >= 0.6 is 0 Å². The third-order valence-corrected chi connectivity index (χ3v) is 4.15. The van der Waals surface area contributed by atoms with Crippen molar-refractivity contribution in [3.05, 3.63) is 35.5 Å². The zero-order valence-electron chi connectivity index (χ0n) is 13.5. The first-order valence-corrected chi connectivity index (χ1v) is 7.86. The molecule has 1 rings (SSSR count). The smallest absolute Gasteiger partial charge is 0.336 e. The Kier molecular flexibility index (Phi) is 7.44. The highest BCUT2D eigenvalue weighted by molar-refractivity contribution is 5.88. The first kappa shape index (κ1) is 17.7. The van der Waals surface area contributed by atoms with Crippen molar-refractivity contribution in [1.82, 2.24) is 0 Å². The van der Waals surface area contributed by atoms with E-state index in [2.05, 4.69) is 32.6 Å². The Morgan fingerprint density at radius 2 is 2.05 bits per heavy atom. The number of esters is 1. The molecule has 2 atom stereocenters. The van der Waals surface area contributed by atoms with E-state index in [9.17, 15) is 4.79 Å². The van der Waals surface area contributed by atoms with Gasteiger partial charge in [-0.25, -0.2) is 4.79 Å². The third-order valence-electron chi connectivity index (χ3n) is 4.15. The van der Waals surface area contributed by atoms with E-state index >= 15 is 0 Å². The Morgan fingerprint density at radius 1 is 1.33 bits per heavy atom. The van der Waals surface area contributed by atoms with E-state index in [4.69, 9.17) is 9.84 Å². The number of carbonyl (C=O) groups is 1. The molecule has 0 spiro atoms. The van der Waals surface area contributed by atoms with Crippen molar-refractivity contribution >= 4 is 5.97 Å². The molecule has 3 nitrogen and oxygen atoms in total. The van der Waals surface area contributed by atoms with E-state index < -0.39 is 5.97 Å². The second kappa shape index (κ2) is 8.83. The highest BCUT2D eigenvalue weighted by atomic mass is 16.5. The molecule has 2 unspecified atom stereocenters. The van der Waals surface area contributed by atoms with Crippen LogP contribution in [0.2, 0.25) is 0 Å². The Balaban J connectivity index is 2.38. The lowest BCUT2D eigenvalue weighted by Crippen LogP contribution is -2.18. The van der Waals surface area contributed by atoms with Crippen LogP contribution in [0.25, 0.3) is 0 Å². The van der Waals surface area contributed by atoms with Crippen LogP contribution in [0, 0.1) is 5.92 Å². The second-order valence-electron chi connectivity index (χ2n) is 5.88. The molecular formula is C18H28O3. The summed E-state index contributed by atoms with van der Waals surface area (Å²) in [5.41, 5.74) is 3.13. The van der Waals surface area contributed by atoms with E-state index in [1.165, 1.54) is 17.6 Å². The van der Waals surface area contributed by atoms with Gasteiger partial charge in [0.05, 0.1) is 18.3 Å². The zero-order chi connectivity index (χ0) is 15.8. The molecule has 0 bridgehead atoms. The fourth-order valence-electron chi connectivity index (χ4n) is 2.46. The molecule has 1 aliphatic rings. The monoisotopic (exact) mass is 292 g/mol. The number of carbonyl (C=O) groups excluding carboxylic acids is 1. The highest BCUT2D eigenvalue weighted by Gasteiger charge is 2.16. The van der Waals surface area contributed by atoms with Gasteiger partial charge >= 0.3 is 5.97 Å². The van der Waals surface area contributed by atoms with Gasteiger partial charge in [-0.05, 0) is 44.9 Å². The van der Waals surface area contributed by atoms with E-state index in [0.717, 1.165) is 25.7 Å². The number of rotatable bonds is 8. The predicted octanol–water partition coefficient (Wildman–Crippen LogP) is 3.94. The Labute approximate surface area is 128 Å². The van der Waals surface area contributed by atoms with Crippen molar-refractivity contribution in [2.75, 3.05) is 6.61 Å². The number of ether oxygens (including phenoxy) is 1. The van der Waals surface area contributed by atoms with Crippen LogP contribution in [0.15, 0.2) is 35.5 Å². The number of hydrogen-bond acceptors (Lipinski definition) is 3. The van der Waals surface area contributed by atoms with Gasteiger partial charge in [-0.2, -0.15) is 0 Å². The summed E-state index contributed by atoms with van der Waals surface area (Å²) >= 11 is 0. The summed E-state index contributed by atoms with van der Waals surface area (Å²) in [5.74, 6) is 0.0203. The lowest BCUT2D eigenvalue weighted by Gasteiger charge is -2.21. The zero-order valence-corrected chi connectivity index (χ0v) is 13.5. The maximum Gasteiger partial charge on any atom is 0.336 e. The predicted molar refractivity (Wildman–Crippen MR) is 85.9 cm³/mol. The maximum atomic E-state index is 11.5. The number of allylic oxidation sites excluding steroid dienone is 4. The van der Waals surface area contributed by atoms with Crippen LogP contribution in [0.4, 0.5) is 0 Å². The molecule has 0 amide bonds. The summed E-state index contributed by atoms with van der Waals surface area (Å²) in [4.78, 5) is 11.5. The molecule has 1 N–H and O–H groups in total. The third kappa shape index (κ3) is 5.88. The minimum atomic E-state index is -0.495. The van der Waals surface area contributed by atoms with Gasteiger partial charge in [-0.1, -0.05) is 43.7 Å². The molecule has 0 aromatic carbocycles. The van der Waals surface area contributed by atoms with Gasteiger partial charge in [0.2, 0.25) is 0 Å². The minimum Gasteiger partial charge on any atom is -0.459 e. The van der Waals surface area contributed by atoms with Crippen molar-refractivity contribution < 1.29 is 14.6 Å². The molecule has 1 aliphatic carbocycles. The molecule has 0 radical (unpaired) electrons. The molecule has 0 aromatic heterocycles. The van der Waals surface area contributed by atoms with E-state index in [0.29, 0.717) is 5.92 Å². The van der Waals surface area contributed by atoms with Gasteiger partial charge in [-0.3, -0.25) is 0 Å². The SMILES string of the molecule is C=C(CO)C(=O)OC(C)CCC(C)C1=CC=C(CC)CC1. The fraction of sp³-hybridized carbons (Fsp3) is 0.611. The summed E-state index contributed by atoms with van der Waals surface area (Å²) in [6, 6.07) is 0. The summed E-state index contributed by atoms with van der Waals surface area (Å²) in [7, 11) is 0. The fourth-order valence-corrected chi connectivity index (χ4v) is 2.46. The Morgan fingerprint density at radius 3 is 2.57 bits per heavy atom. The molecule has 0 heterocycles. The topological polar surface area (TPSA) is 46.5 Å². The average Bonchev–Trinajstić information content (AvgIpc) is 2.51. The summed E-state index contributed by atoms with van der Waals surface area (Å²) < 4.78 is 5.25. The van der Waals surface area contributed by atoms with Crippen molar-refractivity contribution in [2.24, 2.45) is 5.92 Å². The lowest BCUT2D eigenvalue weighted by molar-refractivity contribution is -0.144. The van der Waals surface area contributed by atoms with Gasteiger partial charge in [0, 0.05) is 0 Å². The Hall–Kier alpha value is -1.35. The molecular weight excluding hydrogens is 264 g/mol. The maximum absolute atomic E-state index is 11.5. The van der Waals surface area contributed by atoms with Gasteiger partial charge in [0.15, 0.2) is 0 Å². The summed E-state index contributed by atoms with van der Waals surface area (Å²) in [6.45, 7) is 9.44. The lowest BCUT2D eigenvalue weighted by atomic mass is 9.86. The number of hydrogen-bond donors (Lipinski definition) is 1. The van der Waals surface area contributed by atoms with Crippen molar-refractivity contribution in [3.8, 4) is 0 Å². The average molecular weight is 292 g/mol. The molecule has 0 saturated carbocycles. The van der Waals surface area contributed by atoms with Crippen molar-refractivity contribution in [3.63, 3.8) is 0 Å². The Bertz CT molecular complexity index is 432. The van der Waals surface area contributed by atoms with Crippen molar-refractivity contribution in [2.45, 2.75) is 59.0 Å². The van der Waals surface area contributed by atoms with Gasteiger partial charge in [0.1, 0.15) is 0 Å². The first-order chi connectivity index (χ1) is 9.97. The summed E-state index contributed by atoms with van der Waals surface area (Å²) in [6.07, 6.45) is 9.66. The molecule has 0 fully saturated rings. The van der Waals surface area contributed by atoms with E-state index in [1.807, 2.05) is 6.92 Å². The molecule has 0 aliphatic heterocycles. The van der Waals surface area contributed by atoms with Crippen LogP contribution in [0.5, 0.6) is 0 Å². The standard InChI is InChI=1S/C18H28O3/c1-5-16-8-10-17(11-9-16)13(2)6-7-15(4)21-18(20)14(3)12-19/h8,10,13,15,19H,3,5-7,9,11-12H2,1-2,4H3. The molecule has 3 heteroatoms. The van der Waals surface area contributed by atoms with Crippen LogP contribution in [-0.2, 0) is 9.53 Å². The van der Waals surface area contributed by atoms with Crippen molar-refractivity contribution in [1.29, 1.82) is 0 Å². The van der Waals surface area contributed by atoms with E-state index in [1.54, 1.807) is 0 Å². The largest absolute Gasteiger partial charge is 0.459 e. The normalized spacial score (nSPS) is 17.5. The van der Waals surface area contributed by atoms with Crippen LogP contribution in [0.3, 0.4) is 0 Å². The van der Waals surface area contributed by atoms with Crippen LogP contribution in [-0.4, -0.2) is 23.8 Å². The van der Waals surface area contributed by atoms with Gasteiger partial charge in [-0.15, -0.1) is 0 Å². The van der Waals surface area contributed by atoms with E-state index in [-0.39, 0.29) is 18.3 Å². The van der Waals surface area contributed by atoms with Gasteiger partial charge < -0.3 is 9.84 Å². The quantitative estimate of drug-likeness (QED) is 0.544. The van der Waals surface area contributed by atoms with Gasteiger partial charge in [0.25, 0.3) is 0 Å².